The molecule has 4 aliphatic rings. The van der Waals surface area contributed by atoms with E-state index in [4.69, 9.17) is 9.47 Å². The van der Waals surface area contributed by atoms with E-state index in [0.29, 0.717) is 18.4 Å². The van der Waals surface area contributed by atoms with Crippen LogP contribution in [0.5, 0.6) is 0 Å². The number of rotatable bonds is 13. The molecule has 220 valence electrons. The van der Waals surface area contributed by atoms with Crippen molar-refractivity contribution in [3.63, 3.8) is 0 Å². The monoisotopic (exact) mass is 549 g/mol. The van der Waals surface area contributed by atoms with Crippen LogP contribution < -0.4 is 0 Å². The van der Waals surface area contributed by atoms with Gasteiger partial charge in [0.05, 0.1) is 6.10 Å². The molecule has 4 saturated heterocycles. The Labute approximate surface area is 242 Å². The van der Waals surface area contributed by atoms with E-state index >= 15 is 0 Å². The second kappa shape index (κ2) is 15.7. The van der Waals surface area contributed by atoms with Crippen molar-refractivity contribution in [1.29, 1.82) is 0 Å². The third-order valence-electron chi connectivity index (χ3n) is 9.07. The Morgan fingerprint density at radius 2 is 1.48 bits per heavy atom. The molecule has 4 heterocycles. The first-order valence-electron chi connectivity index (χ1n) is 15.2. The van der Waals surface area contributed by atoms with Crippen LogP contribution in [-0.2, 0) is 27.4 Å². The summed E-state index contributed by atoms with van der Waals surface area (Å²) in [7, 11) is 1.87. The molecule has 0 radical (unpaired) electrons. The summed E-state index contributed by atoms with van der Waals surface area (Å²) < 4.78 is 12.0. The number of ether oxygens (including phenoxy) is 2. The highest BCUT2D eigenvalue weighted by atomic mass is 16.5. The van der Waals surface area contributed by atoms with Crippen LogP contribution in [0, 0.1) is 5.92 Å². The summed E-state index contributed by atoms with van der Waals surface area (Å²) >= 11 is 0. The molecular weight excluding hydrogens is 498 g/mol. The number of nitrogens with zero attached hydrogens (tertiary/aromatic N) is 3. The van der Waals surface area contributed by atoms with E-state index in [-0.39, 0.29) is 25.6 Å². The number of fused-ring (bicyclic) bond motifs is 3. The standard InChI is InChI=1S/C33H47N3O3.CH4/c1-38-32-26-34(19-10-4-9-15-33(37)39-31-25-35-20-16-29(31)17-21-35)22-18-30(32)36(23-27-11-5-2-6-12-27)24-28-13-7-3-8-14-28;/h2-3,5-8,11-14,29-32H,4,9-10,15-26H2,1H3;1H4/t30-,31+,32+;/m1./s1. The van der Waals surface area contributed by atoms with Crippen molar-refractivity contribution in [3.8, 4) is 0 Å². The highest BCUT2D eigenvalue weighted by Gasteiger charge is 2.36. The van der Waals surface area contributed by atoms with E-state index in [1.54, 1.807) is 0 Å². The molecule has 0 aromatic heterocycles. The molecule has 0 spiro atoms. The number of likely N-dealkylation sites (tertiary alicyclic amines) is 1. The first-order valence-corrected chi connectivity index (χ1v) is 15.2. The predicted octanol–water partition coefficient (Wildman–Crippen LogP) is 5.61. The molecule has 0 saturated carbocycles. The Morgan fingerprint density at radius 3 is 2.05 bits per heavy atom. The Bertz CT molecular complexity index is 955. The number of carbonyl (C=O) groups is 1. The van der Waals surface area contributed by atoms with E-state index in [0.717, 1.165) is 65.0 Å². The molecule has 0 N–H and O–H groups in total. The first kappa shape index (κ1) is 30.7. The third-order valence-corrected chi connectivity index (χ3v) is 9.07. The van der Waals surface area contributed by atoms with Crippen LogP contribution >= 0.6 is 0 Å². The second-order valence-corrected chi connectivity index (χ2v) is 11.8. The number of benzene rings is 2. The SMILES string of the molecule is C.CO[C@H]1CN(CCCCCC(=O)O[C@H]2CN3CCC2CC3)CC[C@H]1N(Cc1ccccc1)Cc1ccccc1. The van der Waals surface area contributed by atoms with Gasteiger partial charge < -0.3 is 14.4 Å². The Hall–Kier alpha value is -2.25. The van der Waals surface area contributed by atoms with Gasteiger partial charge in [-0.15, -0.1) is 0 Å². The number of esters is 1. The van der Waals surface area contributed by atoms with Gasteiger partial charge in [0.2, 0.25) is 0 Å². The summed E-state index contributed by atoms with van der Waals surface area (Å²) in [6.07, 6.45) is 7.46. The fourth-order valence-electron chi connectivity index (χ4n) is 6.80. The first-order chi connectivity index (χ1) is 19.2. The Kier molecular flexibility index (Phi) is 12.0. The van der Waals surface area contributed by atoms with Crippen molar-refractivity contribution in [2.75, 3.05) is 46.4 Å². The predicted molar refractivity (Wildman–Crippen MR) is 162 cm³/mol. The molecular formula is C34H51N3O3. The lowest BCUT2D eigenvalue weighted by Crippen LogP contribution is -2.54. The largest absolute Gasteiger partial charge is 0.461 e. The number of unbranched alkanes of at least 4 members (excludes halogenated alkanes) is 2. The van der Waals surface area contributed by atoms with Gasteiger partial charge in [0.15, 0.2) is 0 Å². The van der Waals surface area contributed by atoms with Crippen molar-refractivity contribution in [3.05, 3.63) is 71.8 Å². The van der Waals surface area contributed by atoms with E-state index in [2.05, 4.69) is 75.4 Å². The van der Waals surface area contributed by atoms with Crippen molar-refractivity contribution in [2.24, 2.45) is 5.92 Å². The summed E-state index contributed by atoms with van der Waals surface area (Å²) in [4.78, 5) is 20.0. The van der Waals surface area contributed by atoms with Crippen LogP contribution in [-0.4, -0.2) is 85.3 Å². The van der Waals surface area contributed by atoms with Gasteiger partial charge in [-0.25, -0.2) is 0 Å². The minimum atomic E-state index is 0. The normalized spacial score (nSPS) is 26.4. The summed E-state index contributed by atoms with van der Waals surface area (Å²) in [5, 5.41) is 0. The molecule has 4 fully saturated rings. The molecule has 0 amide bonds. The van der Waals surface area contributed by atoms with E-state index in [1.165, 1.54) is 37.1 Å². The van der Waals surface area contributed by atoms with Crippen molar-refractivity contribution in [1.82, 2.24) is 14.7 Å². The van der Waals surface area contributed by atoms with Gasteiger partial charge in [-0.1, -0.05) is 74.5 Å². The van der Waals surface area contributed by atoms with Gasteiger partial charge in [0.25, 0.3) is 0 Å². The summed E-state index contributed by atoms with van der Waals surface area (Å²) in [6, 6.07) is 22.0. The van der Waals surface area contributed by atoms with Crippen LogP contribution in [0.1, 0.15) is 63.5 Å². The van der Waals surface area contributed by atoms with Gasteiger partial charge in [-0.2, -0.15) is 0 Å². The van der Waals surface area contributed by atoms with E-state index < -0.39 is 0 Å². The molecule has 3 atom stereocenters. The number of carbonyl (C=O) groups excluding carboxylic acids is 1. The van der Waals surface area contributed by atoms with Gasteiger partial charge in [-0.05, 0) is 75.3 Å². The molecule has 2 aromatic rings. The quantitative estimate of drug-likeness (QED) is 0.239. The maximum Gasteiger partial charge on any atom is 0.306 e. The lowest BCUT2D eigenvalue weighted by atomic mass is 9.86. The minimum Gasteiger partial charge on any atom is -0.461 e. The number of piperidine rings is 4. The van der Waals surface area contributed by atoms with Gasteiger partial charge in [0, 0.05) is 45.8 Å². The molecule has 6 nitrogen and oxygen atoms in total. The fraction of sp³-hybridized carbons (Fsp3) is 0.618. The zero-order valence-corrected chi connectivity index (χ0v) is 23.8. The van der Waals surface area contributed by atoms with E-state index in [9.17, 15) is 4.79 Å². The highest BCUT2D eigenvalue weighted by Crippen LogP contribution is 2.30. The van der Waals surface area contributed by atoms with Crippen molar-refractivity contribution < 1.29 is 14.3 Å². The molecule has 2 bridgehead atoms. The number of methoxy groups -OCH3 is 1. The van der Waals surface area contributed by atoms with Crippen molar-refractivity contribution >= 4 is 5.97 Å². The van der Waals surface area contributed by atoms with Crippen LogP contribution in [0.3, 0.4) is 0 Å². The Balaban J connectivity index is 0.00000370. The summed E-state index contributed by atoms with van der Waals surface area (Å²) in [6.45, 7) is 8.27. The maximum atomic E-state index is 12.4. The smallest absolute Gasteiger partial charge is 0.306 e. The topological polar surface area (TPSA) is 45.2 Å². The second-order valence-electron chi connectivity index (χ2n) is 11.8. The van der Waals surface area contributed by atoms with Crippen LogP contribution in [0.2, 0.25) is 0 Å². The fourth-order valence-corrected chi connectivity index (χ4v) is 6.80. The van der Waals surface area contributed by atoms with Crippen molar-refractivity contribution in [2.45, 2.75) is 83.7 Å². The van der Waals surface area contributed by atoms with Crippen LogP contribution in [0.25, 0.3) is 0 Å². The molecule has 6 rings (SSSR count). The highest BCUT2D eigenvalue weighted by molar-refractivity contribution is 5.69. The van der Waals surface area contributed by atoms with Gasteiger partial charge >= 0.3 is 5.97 Å². The minimum absolute atomic E-state index is 0. The zero-order chi connectivity index (χ0) is 26.9. The summed E-state index contributed by atoms with van der Waals surface area (Å²) in [5.74, 6) is 0.595. The molecule has 6 heteroatoms. The molecule has 4 aliphatic heterocycles. The lowest BCUT2D eigenvalue weighted by Gasteiger charge is -2.44. The molecule has 0 unspecified atom stereocenters. The lowest BCUT2D eigenvalue weighted by molar-refractivity contribution is -0.158. The third kappa shape index (κ3) is 8.62. The van der Waals surface area contributed by atoms with Crippen LogP contribution in [0.4, 0.5) is 0 Å². The average Bonchev–Trinajstić information content (AvgIpc) is 2.98. The molecule has 0 aliphatic carbocycles. The Morgan fingerprint density at radius 1 is 0.825 bits per heavy atom. The van der Waals surface area contributed by atoms with Crippen LogP contribution in [0.15, 0.2) is 60.7 Å². The van der Waals surface area contributed by atoms with Gasteiger partial charge in [-0.3, -0.25) is 14.6 Å². The number of hydrogen-bond donors (Lipinski definition) is 0. The molecule has 2 aromatic carbocycles. The number of hydrogen-bond acceptors (Lipinski definition) is 6. The molecule has 40 heavy (non-hydrogen) atoms. The zero-order valence-electron chi connectivity index (χ0n) is 23.8. The maximum absolute atomic E-state index is 12.4. The average molecular weight is 550 g/mol. The summed E-state index contributed by atoms with van der Waals surface area (Å²) in [5.41, 5.74) is 2.69. The van der Waals surface area contributed by atoms with Gasteiger partial charge in [0.1, 0.15) is 6.10 Å². The van der Waals surface area contributed by atoms with E-state index in [1.807, 2.05) is 7.11 Å².